The lowest BCUT2D eigenvalue weighted by molar-refractivity contribution is -0.148. The van der Waals surface area contributed by atoms with E-state index in [0.717, 1.165) is 12.1 Å². The number of hydrogen-bond donors (Lipinski definition) is 0. The number of likely N-dealkylation sites (N-methyl/N-ethyl adjacent to an activating group) is 2. The second kappa shape index (κ2) is 10.4. The van der Waals surface area contributed by atoms with Gasteiger partial charge >= 0.3 is 0 Å². The molecule has 1 saturated heterocycles. The third-order valence-electron chi connectivity index (χ3n) is 5.28. The van der Waals surface area contributed by atoms with Crippen LogP contribution in [0.3, 0.4) is 0 Å². The van der Waals surface area contributed by atoms with Crippen molar-refractivity contribution < 1.29 is 19.1 Å². The molecule has 1 aromatic rings. The number of hydrogen-bond acceptors (Lipinski definition) is 5. The Morgan fingerprint density at radius 3 is 2.54 bits per heavy atom. The van der Waals surface area contributed by atoms with Crippen LogP contribution in [0.15, 0.2) is 24.3 Å². The van der Waals surface area contributed by atoms with E-state index in [1.807, 2.05) is 45.4 Å². The molecule has 1 heterocycles. The van der Waals surface area contributed by atoms with Crippen LogP contribution in [-0.2, 0) is 14.3 Å². The van der Waals surface area contributed by atoms with Gasteiger partial charge in [0, 0.05) is 45.8 Å². The van der Waals surface area contributed by atoms with Crippen molar-refractivity contribution in [3.05, 3.63) is 29.8 Å². The quantitative estimate of drug-likeness (QED) is 0.640. The first kappa shape index (κ1) is 22.2. The van der Waals surface area contributed by atoms with Gasteiger partial charge in [0.05, 0.1) is 25.7 Å². The molecule has 7 heteroatoms. The topological polar surface area (TPSA) is 62.3 Å². The first-order valence-corrected chi connectivity index (χ1v) is 9.71. The van der Waals surface area contributed by atoms with E-state index in [4.69, 9.17) is 9.47 Å². The van der Waals surface area contributed by atoms with Gasteiger partial charge in [-0.1, -0.05) is 18.2 Å². The first-order valence-electron chi connectivity index (χ1n) is 9.71. The van der Waals surface area contributed by atoms with Crippen LogP contribution in [0.1, 0.15) is 24.4 Å². The zero-order valence-electron chi connectivity index (χ0n) is 17.7. The maximum Gasteiger partial charge on any atom is 0.227 e. The van der Waals surface area contributed by atoms with Gasteiger partial charge in [0.15, 0.2) is 0 Å². The Morgan fingerprint density at radius 1 is 1.18 bits per heavy atom. The van der Waals surface area contributed by atoms with E-state index in [1.54, 1.807) is 24.0 Å². The fourth-order valence-corrected chi connectivity index (χ4v) is 3.70. The molecule has 28 heavy (non-hydrogen) atoms. The number of amides is 2. The van der Waals surface area contributed by atoms with Gasteiger partial charge in [0.2, 0.25) is 11.8 Å². The van der Waals surface area contributed by atoms with Gasteiger partial charge < -0.3 is 24.2 Å². The number of methoxy groups -OCH3 is 2. The van der Waals surface area contributed by atoms with Crippen molar-refractivity contribution in [3.63, 3.8) is 0 Å². The summed E-state index contributed by atoms with van der Waals surface area (Å²) >= 11 is 0. The van der Waals surface area contributed by atoms with Crippen molar-refractivity contribution >= 4 is 11.8 Å². The average molecular weight is 392 g/mol. The minimum Gasteiger partial charge on any atom is -0.496 e. The van der Waals surface area contributed by atoms with Crippen LogP contribution < -0.4 is 4.74 Å². The summed E-state index contributed by atoms with van der Waals surface area (Å²) in [6.45, 7) is 2.31. The molecule has 0 radical (unpaired) electrons. The Kier molecular flexibility index (Phi) is 8.26. The Morgan fingerprint density at radius 2 is 1.89 bits per heavy atom. The standard InChI is InChI=1S/C21H33N3O4/c1-22(2)12-13-23(3)21(26)17-10-11-19(25)24(14-15-27-4)20(17)16-8-6-7-9-18(16)28-5/h6-9,17,20H,10-15H2,1-5H3/t17-,20+/m1/s1. The molecule has 7 nitrogen and oxygen atoms in total. The number of carbonyl (C=O) groups is 2. The number of para-hydroxylation sites is 1. The molecular weight excluding hydrogens is 358 g/mol. The number of rotatable bonds is 9. The van der Waals surface area contributed by atoms with Gasteiger partial charge in [-0.3, -0.25) is 9.59 Å². The predicted octanol–water partition coefficient (Wildman–Crippen LogP) is 1.64. The Labute approximate surface area is 168 Å². The average Bonchev–Trinajstić information content (AvgIpc) is 2.70. The monoisotopic (exact) mass is 391 g/mol. The highest BCUT2D eigenvalue weighted by molar-refractivity contribution is 5.85. The molecule has 1 fully saturated rings. The number of carbonyl (C=O) groups excluding carboxylic acids is 2. The van der Waals surface area contributed by atoms with Crippen molar-refractivity contribution in [3.8, 4) is 5.75 Å². The molecule has 2 rings (SSSR count). The van der Waals surface area contributed by atoms with Gasteiger partial charge in [0.25, 0.3) is 0 Å². The van der Waals surface area contributed by atoms with Crippen LogP contribution in [0.25, 0.3) is 0 Å². The summed E-state index contributed by atoms with van der Waals surface area (Å²) in [6, 6.07) is 7.28. The van der Waals surface area contributed by atoms with Crippen molar-refractivity contribution in [1.29, 1.82) is 0 Å². The van der Waals surface area contributed by atoms with E-state index in [0.29, 0.717) is 38.3 Å². The Bertz CT molecular complexity index is 665. The Balaban J connectivity index is 2.38. The fraction of sp³-hybridized carbons (Fsp3) is 0.619. The molecular formula is C21H33N3O4. The molecule has 2 amide bonds. The van der Waals surface area contributed by atoms with Crippen molar-refractivity contribution in [2.24, 2.45) is 5.92 Å². The van der Waals surface area contributed by atoms with E-state index in [2.05, 4.69) is 4.90 Å². The molecule has 1 aliphatic rings. The number of piperidine rings is 1. The molecule has 156 valence electrons. The largest absolute Gasteiger partial charge is 0.496 e. The highest BCUT2D eigenvalue weighted by Gasteiger charge is 2.42. The van der Waals surface area contributed by atoms with Gasteiger partial charge in [0.1, 0.15) is 5.75 Å². The molecule has 0 aromatic heterocycles. The summed E-state index contributed by atoms with van der Waals surface area (Å²) in [6.07, 6.45) is 0.906. The second-order valence-electron chi connectivity index (χ2n) is 7.47. The summed E-state index contributed by atoms with van der Waals surface area (Å²) in [4.78, 5) is 31.7. The van der Waals surface area contributed by atoms with Crippen LogP contribution in [0.2, 0.25) is 0 Å². The Hall–Kier alpha value is -2.12. The molecule has 0 aliphatic carbocycles. The summed E-state index contributed by atoms with van der Waals surface area (Å²) in [5, 5.41) is 0. The van der Waals surface area contributed by atoms with Crippen LogP contribution in [0, 0.1) is 5.92 Å². The predicted molar refractivity (Wildman–Crippen MR) is 108 cm³/mol. The van der Waals surface area contributed by atoms with Crippen molar-refractivity contribution in [2.75, 3.05) is 61.6 Å². The molecule has 0 unspecified atom stereocenters. The summed E-state index contributed by atoms with van der Waals surface area (Å²) < 4.78 is 10.8. The molecule has 0 N–H and O–H groups in total. The lowest BCUT2D eigenvalue weighted by atomic mass is 9.82. The van der Waals surface area contributed by atoms with Crippen LogP contribution >= 0.6 is 0 Å². The number of ether oxygens (including phenoxy) is 2. The van der Waals surface area contributed by atoms with Crippen LogP contribution in [0.5, 0.6) is 5.75 Å². The minimum atomic E-state index is -0.359. The molecule has 1 aromatic carbocycles. The van der Waals surface area contributed by atoms with E-state index in [-0.39, 0.29) is 23.8 Å². The zero-order chi connectivity index (χ0) is 20.7. The van der Waals surface area contributed by atoms with Gasteiger partial charge in [-0.25, -0.2) is 0 Å². The summed E-state index contributed by atoms with van der Waals surface area (Å²) in [5.41, 5.74) is 0.869. The van der Waals surface area contributed by atoms with E-state index in [1.165, 1.54) is 0 Å². The van der Waals surface area contributed by atoms with Gasteiger partial charge in [-0.2, -0.15) is 0 Å². The lowest BCUT2D eigenvalue weighted by Crippen LogP contribution is -2.50. The minimum absolute atomic E-state index is 0.0490. The van der Waals surface area contributed by atoms with Crippen LogP contribution in [0.4, 0.5) is 0 Å². The van der Waals surface area contributed by atoms with Gasteiger partial charge in [-0.15, -0.1) is 0 Å². The molecule has 0 bridgehead atoms. The zero-order valence-corrected chi connectivity index (χ0v) is 17.7. The third kappa shape index (κ3) is 5.23. The lowest BCUT2D eigenvalue weighted by Gasteiger charge is -2.42. The summed E-state index contributed by atoms with van der Waals surface area (Å²) in [7, 11) is 9.04. The molecule has 2 atom stereocenters. The van der Waals surface area contributed by atoms with Crippen LogP contribution in [-0.4, -0.2) is 88.1 Å². The smallest absolute Gasteiger partial charge is 0.227 e. The van der Waals surface area contributed by atoms with E-state index in [9.17, 15) is 9.59 Å². The SMILES string of the molecule is COCCN1C(=O)CC[C@@H](C(=O)N(C)CCN(C)C)[C@@H]1c1ccccc1OC. The number of benzene rings is 1. The normalized spacial score (nSPS) is 19.8. The molecule has 0 saturated carbocycles. The number of likely N-dealkylation sites (tertiary alicyclic amines) is 1. The highest BCUT2D eigenvalue weighted by Crippen LogP contribution is 2.41. The maximum absolute atomic E-state index is 13.3. The fourth-order valence-electron chi connectivity index (χ4n) is 3.70. The van der Waals surface area contributed by atoms with Crippen molar-refractivity contribution in [1.82, 2.24) is 14.7 Å². The van der Waals surface area contributed by atoms with E-state index >= 15 is 0 Å². The number of nitrogens with zero attached hydrogens (tertiary/aromatic N) is 3. The van der Waals surface area contributed by atoms with Gasteiger partial charge in [-0.05, 0) is 26.6 Å². The highest BCUT2D eigenvalue weighted by atomic mass is 16.5. The molecule has 0 spiro atoms. The second-order valence-corrected chi connectivity index (χ2v) is 7.47. The van der Waals surface area contributed by atoms with Crippen molar-refractivity contribution in [2.45, 2.75) is 18.9 Å². The summed E-state index contributed by atoms with van der Waals surface area (Å²) in [5.74, 6) is 0.497. The third-order valence-corrected chi connectivity index (χ3v) is 5.28. The molecule has 1 aliphatic heterocycles. The van der Waals surface area contributed by atoms with E-state index < -0.39 is 0 Å². The first-order chi connectivity index (χ1) is 13.4. The maximum atomic E-state index is 13.3.